The van der Waals surface area contributed by atoms with E-state index in [4.69, 9.17) is 0 Å². The largest absolute Gasteiger partial charge is 0.381 e. The van der Waals surface area contributed by atoms with Crippen LogP contribution in [-0.4, -0.2) is 20.1 Å². The average molecular weight is 162 g/mol. The van der Waals surface area contributed by atoms with Gasteiger partial charge in [-0.05, 0) is 18.6 Å². The summed E-state index contributed by atoms with van der Waals surface area (Å²) in [4.78, 5) is 2.29. The van der Waals surface area contributed by atoms with Crippen LogP contribution in [0.2, 0.25) is 0 Å². The third kappa shape index (κ3) is 1.04. The van der Waals surface area contributed by atoms with Gasteiger partial charge < -0.3 is 10.2 Å². The maximum Gasteiger partial charge on any atom is 0.0608 e. The first kappa shape index (κ1) is 7.47. The SMILES string of the molecule is Cc1cccc2c1NCCN2C. The van der Waals surface area contributed by atoms with Crippen molar-refractivity contribution < 1.29 is 0 Å². The normalized spacial score (nSPS) is 15.3. The predicted molar refractivity (Wildman–Crippen MR) is 52.9 cm³/mol. The van der Waals surface area contributed by atoms with Gasteiger partial charge in [0.15, 0.2) is 0 Å². The molecule has 1 N–H and O–H groups in total. The highest BCUT2D eigenvalue weighted by Gasteiger charge is 2.13. The Bertz CT molecular complexity index is 294. The highest BCUT2D eigenvalue weighted by atomic mass is 15.2. The molecule has 2 rings (SSSR count). The van der Waals surface area contributed by atoms with Crippen LogP contribution in [0.5, 0.6) is 0 Å². The van der Waals surface area contributed by atoms with Crippen molar-refractivity contribution in [2.24, 2.45) is 0 Å². The van der Waals surface area contributed by atoms with Crippen molar-refractivity contribution >= 4 is 11.4 Å². The van der Waals surface area contributed by atoms with Crippen molar-refractivity contribution in [3.63, 3.8) is 0 Å². The Morgan fingerprint density at radius 3 is 3.00 bits per heavy atom. The maximum atomic E-state index is 3.42. The number of para-hydroxylation sites is 1. The van der Waals surface area contributed by atoms with Gasteiger partial charge in [0.25, 0.3) is 0 Å². The zero-order valence-corrected chi connectivity index (χ0v) is 7.59. The van der Waals surface area contributed by atoms with Gasteiger partial charge in [-0.1, -0.05) is 12.1 Å². The van der Waals surface area contributed by atoms with Gasteiger partial charge in [0.2, 0.25) is 0 Å². The Balaban J connectivity index is 2.52. The highest BCUT2D eigenvalue weighted by molar-refractivity contribution is 5.74. The Morgan fingerprint density at radius 2 is 2.25 bits per heavy atom. The summed E-state index contributed by atoms with van der Waals surface area (Å²) in [5.74, 6) is 0. The number of fused-ring (bicyclic) bond motifs is 1. The monoisotopic (exact) mass is 162 g/mol. The summed E-state index contributed by atoms with van der Waals surface area (Å²) in [6.45, 7) is 4.29. The average Bonchev–Trinajstić information content (AvgIpc) is 2.07. The number of hydrogen-bond donors (Lipinski definition) is 1. The lowest BCUT2D eigenvalue weighted by atomic mass is 10.1. The number of nitrogens with one attached hydrogen (secondary N) is 1. The maximum absolute atomic E-state index is 3.42. The topological polar surface area (TPSA) is 15.3 Å². The van der Waals surface area contributed by atoms with Crippen LogP contribution in [0.1, 0.15) is 5.56 Å². The second-order valence-corrected chi connectivity index (χ2v) is 3.32. The molecule has 0 atom stereocenters. The van der Waals surface area contributed by atoms with E-state index in [-0.39, 0.29) is 0 Å². The van der Waals surface area contributed by atoms with Crippen LogP contribution in [0, 0.1) is 6.92 Å². The number of aryl methyl sites for hydroxylation is 1. The molecule has 1 aromatic carbocycles. The predicted octanol–water partition coefficient (Wildman–Crippen LogP) is 1.86. The number of likely N-dealkylation sites (N-methyl/N-ethyl adjacent to an activating group) is 1. The van der Waals surface area contributed by atoms with Crippen molar-refractivity contribution in [1.82, 2.24) is 0 Å². The number of rotatable bonds is 0. The molecular weight excluding hydrogens is 148 g/mol. The lowest BCUT2D eigenvalue weighted by Crippen LogP contribution is -2.30. The fraction of sp³-hybridized carbons (Fsp3) is 0.400. The third-order valence-electron chi connectivity index (χ3n) is 2.41. The molecule has 2 nitrogen and oxygen atoms in total. The van der Waals surface area contributed by atoms with Gasteiger partial charge in [-0.25, -0.2) is 0 Å². The van der Waals surface area contributed by atoms with E-state index in [1.165, 1.54) is 16.9 Å². The van der Waals surface area contributed by atoms with E-state index in [1.54, 1.807) is 0 Å². The first-order valence-corrected chi connectivity index (χ1v) is 4.33. The lowest BCUT2D eigenvalue weighted by molar-refractivity contribution is 0.884. The Kier molecular flexibility index (Phi) is 1.68. The van der Waals surface area contributed by atoms with Crippen LogP contribution in [0.25, 0.3) is 0 Å². The quantitative estimate of drug-likeness (QED) is 0.626. The van der Waals surface area contributed by atoms with E-state index in [0.717, 1.165) is 13.1 Å². The van der Waals surface area contributed by atoms with E-state index < -0.39 is 0 Å². The molecule has 0 bridgehead atoms. The van der Waals surface area contributed by atoms with E-state index in [0.29, 0.717) is 0 Å². The van der Waals surface area contributed by atoms with Gasteiger partial charge in [0.05, 0.1) is 11.4 Å². The summed E-state index contributed by atoms with van der Waals surface area (Å²) in [5.41, 5.74) is 3.95. The van der Waals surface area contributed by atoms with Gasteiger partial charge in [0, 0.05) is 20.1 Å². The molecule has 0 amide bonds. The summed E-state index contributed by atoms with van der Waals surface area (Å²) >= 11 is 0. The van der Waals surface area contributed by atoms with Crippen LogP contribution in [0.4, 0.5) is 11.4 Å². The molecule has 1 aliphatic rings. The molecule has 2 heteroatoms. The zero-order chi connectivity index (χ0) is 8.55. The summed E-state index contributed by atoms with van der Waals surface area (Å²) in [7, 11) is 2.14. The Labute approximate surface area is 73.2 Å². The van der Waals surface area contributed by atoms with Crippen molar-refractivity contribution in [1.29, 1.82) is 0 Å². The van der Waals surface area contributed by atoms with E-state index in [1.807, 2.05) is 0 Å². The van der Waals surface area contributed by atoms with Crippen molar-refractivity contribution in [2.75, 3.05) is 30.4 Å². The first-order chi connectivity index (χ1) is 5.79. The van der Waals surface area contributed by atoms with Gasteiger partial charge in [-0.3, -0.25) is 0 Å². The third-order valence-corrected chi connectivity index (χ3v) is 2.41. The van der Waals surface area contributed by atoms with Crippen LogP contribution >= 0.6 is 0 Å². The first-order valence-electron chi connectivity index (χ1n) is 4.33. The van der Waals surface area contributed by atoms with Crippen LogP contribution in [0.15, 0.2) is 18.2 Å². The molecule has 12 heavy (non-hydrogen) atoms. The Morgan fingerprint density at radius 1 is 1.42 bits per heavy atom. The van der Waals surface area contributed by atoms with Crippen LogP contribution in [-0.2, 0) is 0 Å². The van der Waals surface area contributed by atoms with Gasteiger partial charge >= 0.3 is 0 Å². The molecule has 0 saturated heterocycles. The summed E-state index contributed by atoms with van der Waals surface area (Å²) in [5, 5.41) is 3.42. The van der Waals surface area contributed by atoms with E-state index >= 15 is 0 Å². The zero-order valence-electron chi connectivity index (χ0n) is 7.59. The number of nitrogens with zero attached hydrogens (tertiary/aromatic N) is 1. The van der Waals surface area contributed by atoms with Crippen molar-refractivity contribution in [3.05, 3.63) is 23.8 Å². The van der Waals surface area contributed by atoms with Crippen LogP contribution < -0.4 is 10.2 Å². The molecule has 0 radical (unpaired) electrons. The van der Waals surface area contributed by atoms with Crippen LogP contribution in [0.3, 0.4) is 0 Å². The van der Waals surface area contributed by atoms with Gasteiger partial charge in [-0.2, -0.15) is 0 Å². The molecule has 1 aromatic rings. The number of anilines is 2. The number of benzene rings is 1. The molecule has 0 aliphatic carbocycles. The lowest BCUT2D eigenvalue weighted by Gasteiger charge is -2.29. The fourth-order valence-corrected chi connectivity index (χ4v) is 1.67. The molecule has 0 aromatic heterocycles. The van der Waals surface area contributed by atoms with E-state index in [2.05, 4.69) is 42.4 Å². The molecule has 1 heterocycles. The summed E-state index contributed by atoms with van der Waals surface area (Å²) in [6.07, 6.45) is 0. The minimum absolute atomic E-state index is 1.05. The molecule has 0 spiro atoms. The minimum Gasteiger partial charge on any atom is -0.381 e. The van der Waals surface area contributed by atoms with Gasteiger partial charge in [0.1, 0.15) is 0 Å². The smallest absolute Gasteiger partial charge is 0.0608 e. The molecule has 64 valence electrons. The fourth-order valence-electron chi connectivity index (χ4n) is 1.67. The standard InChI is InChI=1S/C10H14N2/c1-8-4-3-5-9-10(8)11-6-7-12(9)2/h3-5,11H,6-7H2,1-2H3. The molecular formula is C10H14N2. The van der Waals surface area contributed by atoms with Crippen molar-refractivity contribution in [3.8, 4) is 0 Å². The van der Waals surface area contributed by atoms with Gasteiger partial charge in [-0.15, -0.1) is 0 Å². The second kappa shape index (κ2) is 2.70. The van der Waals surface area contributed by atoms with E-state index in [9.17, 15) is 0 Å². The summed E-state index contributed by atoms with van der Waals surface area (Å²) < 4.78 is 0. The Hall–Kier alpha value is -1.18. The molecule has 1 aliphatic heterocycles. The minimum atomic E-state index is 1.05. The molecule has 0 unspecified atom stereocenters. The van der Waals surface area contributed by atoms with Crippen molar-refractivity contribution in [2.45, 2.75) is 6.92 Å². The number of hydrogen-bond acceptors (Lipinski definition) is 2. The second-order valence-electron chi connectivity index (χ2n) is 3.32. The molecule has 0 fully saturated rings. The summed E-state index contributed by atoms with van der Waals surface area (Å²) in [6, 6.07) is 6.41. The highest BCUT2D eigenvalue weighted by Crippen LogP contribution is 2.30. The molecule has 0 saturated carbocycles.